The number of carbonyl (C=O) groups excluding carboxylic acids is 1. The van der Waals surface area contributed by atoms with E-state index in [4.69, 9.17) is 0 Å². The molecule has 0 atom stereocenters. The van der Waals surface area contributed by atoms with E-state index in [9.17, 15) is 23.3 Å². The highest BCUT2D eigenvalue weighted by Gasteiger charge is 2.17. The van der Waals surface area contributed by atoms with E-state index >= 15 is 0 Å². The highest BCUT2D eigenvalue weighted by atomic mass is 32.2. The van der Waals surface area contributed by atoms with Crippen molar-refractivity contribution in [1.29, 1.82) is 0 Å². The lowest BCUT2D eigenvalue weighted by atomic mass is 10.2. The van der Waals surface area contributed by atoms with Crippen molar-refractivity contribution in [2.24, 2.45) is 0 Å². The van der Waals surface area contributed by atoms with Crippen LogP contribution in [0.2, 0.25) is 0 Å². The Balaban J connectivity index is 3.15. The van der Waals surface area contributed by atoms with Crippen molar-refractivity contribution >= 4 is 32.4 Å². The molecule has 0 aromatic heterocycles. The monoisotopic (exact) mass is 313 g/mol. The highest BCUT2D eigenvalue weighted by molar-refractivity contribution is 8.13. The summed E-state index contributed by atoms with van der Waals surface area (Å²) in [5.41, 5.74) is -0.250. The molecule has 0 radical (unpaired) electrons. The van der Waals surface area contributed by atoms with E-state index in [1.165, 1.54) is 19.1 Å². The van der Waals surface area contributed by atoms with Crippen molar-refractivity contribution in [2.45, 2.75) is 11.8 Å². The average Bonchev–Trinajstić information content (AvgIpc) is 2.33. The van der Waals surface area contributed by atoms with Crippen LogP contribution in [0.3, 0.4) is 0 Å². The topological polar surface area (TPSA) is 94.3 Å². The van der Waals surface area contributed by atoms with Crippen LogP contribution in [0, 0.1) is 22.0 Å². The van der Waals surface area contributed by atoms with Gasteiger partial charge in [-0.2, -0.15) is 0 Å². The summed E-state index contributed by atoms with van der Waals surface area (Å²) in [5, 5.41) is 10.8. The SMILES string of the molecule is CC(=O)SCC#Cc1ccc(S(C)(=O)=O)cc1[N+](=O)[O-]. The zero-order valence-corrected chi connectivity index (χ0v) is 12.4. The minimum absolute atomic E-state index is 0.0961. The van der Waals surface area contributed by atoms with E-state index in [1.54, 1.807) is 0 Å². The molecule has 0 aliphatic carbocycles. The standard InChI is InChI=1S/C12H11NO5S2/c1-9(14)19-7-3-4-10-5-6-11(20(2,17)18)8-12(10)13(15)16/h5-6,8H,7H2,1-2H3. The number of thioether (sulfide) groups is 1. The molecule has 0 amide bonds. The zero-order chi connectivity index (χ0) is 15.3. The number of rotatable bonds is 3. The largest absolute Gasteiger partial charge is 0.288 e. The van der Waals surface area contributed by atoms with Gasteiger partial charge in [-0.15, -0.1) is 0 Å². The Morgan fingerprint density at radius 1 is 1.45 bits per heavy atom. The van der Waals surface area contributed by atoms with E-state index in [-0.39, 0.29) is 27.0 Å². The molecule has 0 unspecified atom stereocenters. The maximum absolute atomic E-state index is 11.4. The first kappa shape index (κ1) is 16.2. The molecule has 20 heavy (non-hydrogen) atoms. The Bertz CT molecular complexity index is 713. The molecule has 1 rings (SSSR count). The quantitative estimate of drug-likeness (QED) is 0.478. The first-order chi connectivity index (χ1) is 9.21. The van der Waals surface area contributed by atoms with Gasteiger partial charge < -0.3 is 0 Å². The summed E-state index contributed by atoms with van der Waals surface area (Å²) in [6, 6.07) is 3.54. The zero-order valence-electron chi connectivity index (χ0n) is 10.7. The number of nitro groups is 1. The summed E-state index contributed by atoms with van der Waals surface area (Å²) in [5.74, 6) is 5.42. The van der Waals surface area contributed by atoms with Gasteiger partial charge in [0, 0.05) is 19.2 Å². The van der Waals surface area contributed by atoms with Gasteiger partial charge in [0.1, 0.15) is 5.56 Å². The molecule has 0 aliphatic rings. The molecule has 0 bridgehead atoms. The molecule has 0 aliphatic heterocycles. The van der Waals surface area contributed by atoms with Crippen LogP contribution in [0.5, 0.6) is 0 Å². The van der Waals surface area contributed by atoms with E-state index in [1.807, 2.05) is 0 Å². The van der Waals surface area contributed by atoms with E-state index in [2.05, 4.69) is 11.8 Å². The molecule has 106 valence electrons. The van der Waals surface area contributed by atoms with Gasteiger partial charge in [-0.3, -0.25) is 14.9 Å². The molecular weight excluding hydrogens is 302 g/mol. The molecule has 0 N–H and O–H groups in total. The predicted octanol–water partition coefficient (Wildman–Crippen LogP) is 1.63. The van der Waals surface area contributed by atoms with Crippen LogP contribution < -0.4 is 0 Å². The molecule has 0 saturated carbocycles. The first-order valence-electron chi connectivity index (χ1n) is 5.32. The molecule has 1 aromatic carbocycles. The lowest BCUT2D eigenvalue weighted by Gasteiger charge is -2.00. The predicted molar refractivity (Wildman–Crippen MR) is 76.2 cm³/mol. The fraction of sp³-hybridized carbons (Fsp3) is 0.250. The highest BCUT2D eigenvalue weighted by Crippen LogP contribution is 2.22. The maximum Gasteiger partial charge on any atom is 0.286 e. The van der Waals surface area contributed by atoms with Gasteiger partial charge >= 0.3 is 0 Å². The van der Waals surface area contributed by atoms with Gasteiger partial charge in [0.05, 0.1) is 15.6 Å². The Morgan fingerprint density at radius 3 is 2.60 bits per heavy atom. The van der Waals surface area contributed by atoms with Gasteiger partial charge in [-0.1, -0.05) is 23.6 Å². The van der Waals surface area contributed by atoms with E-state index in [0.29, 0.717) is 0 Å². The molecule has 6 nitrogen and oxygen atoms in total. The van der Waals surface area contributed by atoms with Gasteiger partial charge in [0.2, 0.25) is 0 Å². The number of benzene rings is 1. The van der Waals surface area contributed by atoms with Gasteiger partial charge in [-0.25, -0.2) is 8.42 Å². The summed E-state index contributed by atoms with van der Waals surface area (Å²) in [4.78, 5) is 20.8. The molecule has 0 saturated heterocycles. The molecule has 1 aromatic rings. The van der Waals surface area contributed by atoms with Crippen molar-refractivity contribution in [3.05, 3.63) is 33.9 Å². The van der Waals surface area contributed by atoms with Gasteiger partial charge in [-0.05, 0) is 12.1 Å². The van der Waals surface area contributed by atoms with Crippen LogP contribution >= 0.6 is 11.8 Å². The third kappa shape index (κ3) is 4.68. The number of nitrogens with zero attached hydrogens (tertiary/aromatic N) is 1. The minimum atomic E-state index is -3.51. The fourth-order valence-electron chi connectivity index (χ4n) is 1.27. The maximum atomic E-state index is 11.4. The number of carbonyl (C=O) groups is 1. The third-order valence-corrected chi connectivity index (χ3v) is 3.97. The van der Waals surface area contributed by atoms with Gasteiger partial charge in [0.15, 0.2) is 15.0 Å². The second-order valence-electron chi connectivity index (χ2n) is 3.79. The summed E-state index contributed by atoms with van der Waals surface area (Å²) in [6.45, 7) is 1.40. The van der Waals surface area contributed by atoms with Crippen molar-refractivity contribution in [3.8, 4) is 11.8 Å². The summed E-state index contributed by atoms with van der Waals surface area (Å²) >= 11 is 0.994. The lowest BCUT2D eigenvalue weighted by Crippen LogP contribution is -2.00. The third-order valence-electron chi connectivity index (χ3n) is 2.16. The number of nitro benzene ring substituents is 1. The van der Waals surface area contributed by atoms with Crippen molar-refractivity contribution in [1.82, 2.24) is 0 Å². The van der Waals surface area contributed by atoms with Crippen LogP contribution in [0.4, 0.5) is 5.69 Å². The smallest absolute Gasteiger partial charge is 0.286 e. The first-order valence-corrected chi connectivity index (χ1v) is 8.20. The molecule has 0 fully saturated rings. The molecular formula is C12H11NO5S2. The number of sulfone groups is 1. The Kier molecular flexibility index (Phi) is 5.30. The van der Waals surface area contributed by atoms with E-state index < -0.39 is 14.8 Å². The molecule has 0 spiro atoms. The number of hydrogen-bond acceptors (Lipinski definition) is 6. The van der Waals surface area contributed by atoms with Crippen molar-refractivity contribution in [2.75, 3.05) is 12.0 Å². The average molecular weight is 313 g/mol. The van der Waals surface area contributed by atoms with Crippen LogP contribution in [0.1, 0.15) is 12.5 Å². The van der Waals surface area contributed by atoms with Crippen LogP contribution in [-0.4, -0.2) is 30.5 Å². The molecule has 8 heteroatoms. The Labute approximate surface area is 120 Å². The molecule has 0 heterocycles. The summed E-state index contributed by atoms with van der Waals surface area (Å²) < 4.78 is 22.7. The number of hydrogen-bond donors (Lipinski definition) is 0. The van der Waals surface area contributed by atoms with Crippen LogP contribution in [-0.2, 0) is 14.6 Å². The summed E-state index contributed by atoms with van der Waals surface area (Å²) in [7, 11) is -3.51. The van der Waals surface area contributed by atoms with Crippen LogP contribution in [0.25, 0.3) is 0 Å². The summed E-state index contributed by atoms with van der Waals surface area (Å²) in [6.07, 6.45) is 0.973. The Morgan fingerprint density at radius 2 is 2.10 bits per heavy atom. The second kappa shape index (κ2) is 6.54. The minimum Gasteiger partial charge on any atom is -0.288 e. The van der Waals surface area contributed by atoms with E-state index in [0.717, 1.165) is 24.1 Å². The van der Waals surface area contributed by atoms with Crippen LogP contribution in [0.15, 0.2) is 23.1 Å². The lowest BCUT2D eigenvalue weighted by molar-refractivity contribution is -0.385. The second-order valence-corrected chi connectivity index (χ2v) is 6.96. The fourth-order valence-corrected chi connectivity index (χ4v) is 2.26. The van der Waals surface area contributed by atoms with Crippen molar-refractivity contribution < 1.29 is 18.1 Å². The Hall–Kier alpha value is -1.85. The normalized spacial score (nSPS) is 10.5. The van der Waals surface area contributed by atoms with Crippen molar-refractivity contribution in [3.63, 3.8) is 0 Å². The van der Waals surface area contributed by atoms with Gasteiger partial charge in [0.25, 0.3) is 5.69 Å².